The molecule has 0 N–H and O–H groups in total. The Hall–Kier alpha value is -2.57. The Balaban J connectivity index is 1.80. The number of ether oxygens (including phenoxy) is 3. The number of esters is 3. The number of carbonyl (C=O) groups excluding carboxylic acids is 3. The predicted octanol–water partition coefficient (Wildman–Crippen LogP) is 3.61. The highest BCUT2D eigenvalue weighted by Crippen LogP contribution is 2.64. The molecular weight excluding hydrogens is 400 g/mol. The maximum absolute atomic E-state index is 12.6. The Labute approximate surface area is 182 Å². The normalized spacial score (nSPS) is 36.6. The Morgan fingerprint density at radius 3 is 2.55 bits per heavy atom. The van der Waals surface area contributed by atoms with Crippen molar-refractivity contribution in [3.8, 4) is 0 Å². The fourth-order valence-corrected chi connectivity index (χ4v) is 6.34. The summed E-state index contributed by atoms with van der Waals surface area (Å²) in [5.41, 5.74) is 0.683. The molecule has 1 aromatic heterocycles. The average molecular weight is 430 g/mol. The maximum atomic E-state index is 12.6. The van der Waals surface area contributed by atoms with Gasteiger partial charge in [-0.3, -0.25) is 9.59 Å². The largest absolute Gasteiger partial charge is 0.472 e. The first kappa shape index (κ1) is 21.7. The molecule has 31 heavy (non-hydrogen) atoms. The van der Waals surface area contributed by atoms with Gasteiger partial charge in [0.2, 0.25) is 0 Å². The number of hydrogen-bond acceptors (Lipinski definition) is 7. The van der Waals surface area contributed by atoms with E-state index in [-0.39, 0.29) is 54.0 Å². The van der Waals surface area contributed by atoms with E-state index < -0.39 is 5.41 Å². The minimum absolute atomic E-state index is 0.00737. The zero-order valence-corrected chi connectivity index (χ0v) is 18.5. The van der Waals surface area contributed by atoms with Crippen molar-refractivity contribution in [3.05, 3.63) is 35.8 Å². The third-order valence-electron chi connectivity index (χ3n) is 7.78. The molecule has 7 nitrogen and oxygen atoms in total. The minimum Gasteiger partial charge on any atom is -0.472 e. The summed E-state index contributed by atoms with van der Waals surface area (Å²) in [6.45, 7) is 7.30. The second-order valence-electron chi connectivity index (χ2n) is 9.49. The molecule has 2 fully saturated rings. The van der Waals surface area contributed by atoms with E-state index in [1.807, 2.05) is 12.1 Å². The molecule has 2 heterocycles. The van der Waals surface area contributed by atoms with Crippen LogP contribution in [0, 0.1) is 22.7 Å². The number of hydrogen-bond donors (Lipinski definition) is 0. The molecule has 4 rings (SSSR count). The summed E-state index contributed by atoms with van der Waals surface area (Å²) in [4.78, 5) is 36.5. The van der Waals surface area contributed by atoms with Crippen LogP contribution in [0.15, 0.2) is 34.7 Å². The molecule has 1 saturated heterocycles. The standard InChI is InChI=1S/C24H30O7/c1-14-20(31-16(3)26)11-24-13-29-22(27)18(24)5-6-19(30-15(2)25)21(24)23(14,4)9-7-17-8-10-28-12-17/h5,8,10,12,14,19-21H,6-7,9,11,13H2,1-4H3/t14-,19+,20-,21-,23+,24+/m1/s1. The Kier molecular flexibility index (Phi) is 5.48. The number of furan rings is 1. The molecule has 1 aliphatic heterocycles. The zero-order chi connectivity index (χ0) is 22.4. The van der Waals surface area contributed by atoms with Gasteiger partial charge in [0.05, 0.1) is 12.5 Å². The van der Waals surface area contributed by atoms with Crippen LogP contribution in [0.1, 0.15) is 52.5 Å². The van der Waals surface area contributed by atoms with Gasteiger partial charge in [-0.1, -0.05) is 19.9 Å². The monoisotopic (exact) mass is 430 g/mol. The van der Waals surface area contributed by atoms with Crippen molar-refractivity contribution in [2.75, 3.05) is 6.61 Å². The highest BCUT2D eigenvalue weighted by molar-refractivity contribution is 5.93. The van der Waals surface area contributed by atoms with Gasteiger partial charge in [0, 0.05) is 37.2 Å². The lowest BCUT2D eigenvalue weighted by Crippen LogP contribution is -2.62. The summed E-state index contributed by atoms with van der Waals surface area (Å²) in [7, 11) is 0. The number of aryl methyl sites for hydroxylation is 1. The summed E-state index contributed by atoms with van der Waals surface area (Å²) in [6.07, 6.45) is 6.98. The molecule has 2 aliphatic carbocycles. The molecule has 1 aromatic rings. The van der Waals surface area contributed by atoms with Gasteiger partial charge in [-0.2, -0.15) is 0 Å². The van der Waals surface area contributed by atoms with E-state index in [1.54, 1.807) is 12.5 Å². The number of rotatable bonds is 5. The fraction of sp³-hybridized carbons (Fsp3) is 0.625. The third kappa shape index (κ3) is 3.58. The molecule has 1 spiro atoms. The maximum Gasteiger partial charge on any atom is 0.334 e. The Bertz CT molecular complexity index is 901. The van der Waals surface area contributed by atoms with Crippen LogP contribution in [0.3, 0.4) is 0 Å². The second-order valence-corrected chi connectivity index (χ2v) is 9.49. The molecule has 3 aliphatic rings. The molecule has 0 unspecified atom stereocenters. The van der Waals surface area contributed by atoms with Crippen molar-refractivity contribution in [1.82, 2.24) is 0 Å². The first-order valence-corrected chi connectivity index (χ1v) is 10.9. The van der Waals surface area contributed by atoms with Crippen LogP contribution in [-0.4, -0.2) is 36.7 Å². The van der Waals surface area contributed by atoms with E-state index in [1.165, 1.54) is 13.8 Å². The van der Waals surface area contributed by atoms with Gasteiger partial charge < -0.3 is 18.6 Å². The highest BCUT2D eigenvalue weighted by Gasteiger charge is 2.67. The predicted molar refractivity (Wildman–Crippen MR) is 110 cm³/mol. The zero-order valence-electron chi connectivity index (χ0n) is 18.5. The van der Waals surface area contributed by atoms with Crippen molar-refractivity contribution in [1.29, 1.82) is 0 Å². The molecule has 6 atom stereocenters. The molecule has 1 saturated carbocycles. The first-order chi connectivity index (χ1) is 14.7. The Morgan fingerprint density at radius 1 is 1.19 bits per heavy atom. The fourth-order valence-electron chi connectivity index (χ4n) is 6.34. The van der Waals surface area contributed by atoms with Gasteiger partial charge in [-0.25, -0.2) is 4.79 Å². The quantitative estimate of drug-likeness (QED) is 0.520. The average Bonchev–Trinajstić information content (AvgIpc) is 3.32. The molecule has 0 bridgehead atoms. The molecule has 0 radical (unpaired) electrons. The van der Waals surface area contributed by atoms with Crippen LogP contribution in [0.4, 0.5) is 0 Å². The van der Waals surface area contributed by atoms with Gasteiger partial charge in [-0.05, 0) is 42.2 Å². The number of carbonyl (C=O) groups is 3. The lowest BCUT2D eigenvalue weighted by molar-refractivity contribution is -0.194. The lowest BCUT2D eigenvalue weighted by Gasteiger charge is -2.60. The van der Waals surface area contributed by atoms with E-state index in [0.29, 0.717) is 18.4 Å². The molecular formula is C24H30O7. The van der Waals surface area contributed by atoms with E-state index in [9.17, 15) is 14.4 Å². The van der Waals surface area contributed by atoms with Crippen LogP contribution in [-0.2, 0) is 35.0 Å². The second kappa shape index (κ2) is 7.84. The molecule has 7 heteroatoms. The van der Waals surface area contributed by atoms with Gasteiger partial charge >= 0.3 is 17.9 Å². The van der Waals surface area contributed by atoms with Gasteiger partial charge in [0.1, 0.15) is 18.8 Å². The third-order valence-corrected chi connectivity index (χ3v) is 7.78. The van der Waals surface area contributed by atoms with E-state index >= 15 is 0 Å². The Morgan fingerprint density at radius 2 is 1.90 bits per heavy atom. The van der Waals surface area contributed by atoms with Crippen LogP contribution >= 0.6 is 0 Å². The van der Waals surface area contributed by atoms with Gasteiger partial charge in [0.15, 0.2) is 0 Å². The van der Waals surface area contributed by atoms with Crippen LogP contribution in [0.25, 0.3) is 0 Å². The van der Waals surface area contributed by atoms with Crippen molar-refractivity contribution in [2.24, 2.45) is 22.7 Å². The van der Waals surface area contributed by atoms with Crippen molar-refractivity contribution < 1.29 is 33.0 Å². The van der Waals surface area contributed by atoms with E-state index in [4.69, 9.17) is 18.6 Å². The van der Waals surface area contributed by atoms with E-state index in [0.717, 1.165) is 18.4 Å². The summed E-state index contributed by atoms with van der Waals surface area (Å²) in [5.74, 6) is -1.14. The van der Waals surface area contributed by atoms with Crippen LogP contribution < -0.4 is 0 Å². The minimum atomic E-state index is -0.646. The lowest BCUT2D eigenvalue weighted by atomic mass is 9.45. The summed E-state index contributed by atoms with van der Waals surface area (Å²) in [5, 5.41) is 0. The molecule has 0 amide bonds. The van der Waals surface area contributed by atoms with Crippen LogP contribution in [0.2, 0.25) is 0 Å². The molecule has 0 aromatic carbocycles. The SMILES string of the molecule is CC(=O)O[C@H]1CC=C2C(=O)OC[C@@]23C[C@@H](OC(C)=O)[C@@H](C)[C@](C)(CCc2ccoc2)[C@@H]13. The van der Waals surface area contributed by atoms with Crippen molar-refractivity contribution >= 4 is 17.9 Å². The van der Waals surface area contributed by atoms with Crippen molar-refractivity contribution in [2.45, 2.75) is 65.6 Å². The number of cyclic esters (lactones) is 1. The van der Waals surface area contributed by atoms with E-state index in [2.05, 4.69) is 13.8 Å². The van der Waals surface area contributed by atoms with Gasteiger partial charge in [-0.15, -0.1) is 0 Å². The van der Waals surface area contributed by atoms with Gasteiger partial charge in [0.25, 0.3) is 0 Å². The van der Waals surface area contributed by atoms with Crippen molar-refractivity contribution in [3.63, 3.8) is 0 Å². The van der Waals surface area contributed by atoms with Crippen LogP contribution in [0.5, 0.6) is 0 Å². The highest BCUT2D eigenvalue weighted by atomic mass is 16.6. The molecule has 168 valence electrons. The summed E-state index contributed by atoms with van der Waals surface area (Å²) >= 11 is 0. The first-order valence-electron chi connectivity index (χ1n) is 10.9. The topological polar surface area (TPSA) is 92.0 Å². The smallest absolute Gasteiger partial charge is 0.334 e. The summed E-state index contributed by atoms with van der Waals surface area (Å²) < 4.78 is 22.4. The summed E-state index contributed by atoms with van der Waals surface area (Å²) in [6, 6.07) is 1.94.